The fourth-order valence-corrected chi connectivity index (χ4v) is 3.52. The van der Waals surface area contributed by atoms with E-state index < -0.39 is 28.6 Å². The van der Waals surface area contributed by atoms with Gasteiger partial charge in [0.2, 0.25) is 5.95 Å². The molecule has 12 heteroatoms. The van der Waals surface area contributed by atoms with Crippen LogP contribution in [0, 0.1) is 11.6 Å². The summed E-state index contributed by atoms with van der Waals surface area (Å²) in [5.74, 6) is -1.88. The molecule has 4 aromatic rings. The molecule has 4 rings (SSSR count). The summed E-state index contributed by atoms with van der Waals surface area (Å²) in [6.07, 6.45) is 1.41. The van der Waals surface area contributed by atoms with Crippen molar-refractivity contribution in [3.05, 3.63) is 114 Å². The van der Waals surface area contributed by atoms with Gasteiger partial charge in [-0.15, -0.1) is 0 Å². The quantitative estimate of drug-likeness (QED) is 0.377. The van der Waals surface area contributed by atoms with E-state index in [2.05, 4.69) is 15.3 Å². The van der Waals surface area contributed by atoms with Gasteiger partial charge in [-0.05, 0) is 48.0 Å². The van der Waals surface area contributed by atoms with E-state index >= 15 is 0 Å². The standard InChI is InChI=1S/C23H18ClF2N5O4/c1-35-16-6-4-15(5-7-16)28-21-29-22(33)31(11-13-3-2-8-27-20(13)32)23(34)30(21)12-14-9-18(25)19(26)10-17(14)24/h2-10H,11-12H2,1H3,(H,27,32)(H,28,29,33). The van der Waals surface area contributed by atoms with Crippen LogP contribution in [0.15, 0.2) is 69.1 Å². The highest BCUT2D eigenvalue weighted by atomic mass is 35.5. The zero-order valence-electron chi connectivity index (χ0n) is 18.2. The Labute approximate surface area is 201 Å². The second-order valence-corrected chi connectivity index (χ2v) is 7.82. The van der Waals surface area contributed by atoms with Gasteiger partial charge in [0.25, 0.3) is 5.56 Å². The summed E-state index contributed by atoms with van der Waals surface area (Å²) in [5.41, 5.74) is -1.53. The third-order valence-electron chi connectivity index (χ3n) is 5.14. The smallest absolute Gasteiger partial charge is 0.355 e. The number of nitrogens with zero attached hydrogens (tertiary/aromatic N) is 3. The average molecular weight is 502 g/mol. The Bertz CT molecular complexity index is 1560. The SMILES string of the molecule is COc1ccc(Nc2nc(=O)n(Cc3ccc[nH]c3=O)c(=O)n2Cc2cc(F)c(F)cc2Cl)cc1. The van der Waals surface area contributed by atoms with Crippen LogP contribution in [-0.4, -0.2) is 26.2 Å². The summed E-state index contributed by atoms with van der Waals surface area (Å²) in [7, 11) is 1.50. The van der Waals surface area contributed by atoms with Crippen LogP contribution in [0.4, 0.5) is 20.4 Å². The minimum Gasteiger partial charge on any atom is -0.497 e. The van der Waals surface area contributed by atoms with Gasteiger partial charge in [0.1, 0.15) is 5.75 Å². The number of halogens is 3. The molecule has 0 fully saturated rings. The molecule has 0 saturated carbocycles. The highest BCUT2D eigenvalue weighted by molar-refractivity contribution is 6.31. The average Bonchev–Trinajstić information content (AvgIpc) is 2.84. The fraction of sp³-hybridized carbons (Fsp3) is 0.130. The van der Waals surface area contributed by atoms with Gasteiger partial charge in [-0.1, -0.05) is 17.7 Å². The molecule has 0 spiro atoms. The van der Waals surface area contributed by atoms with Gasteiger partial charge < -0.3 is 15.0 Å². The molecule has 9 nitrogen and oxygen atoms in total. The number of hydrogen-bond acceptors (Lipinski definition) is 6. The number of H-pyrrole nitrogens is 1. The van der Waals surface area contributed by atoms with Gasteiger partial charge in [0.15, 0.2) is 11.6 Å². The lowest BCUT2D eigenvalue weighted by Gasteiger charge is -2.16. The molecule has 0 atom stereocenters. The topological polar surface area (TPSA) is 111 Å². The van der Waals surface area contributed by atoms with E-state index in [9.17, 15) is 23.2 Å². The summed E-state index contributed by atoms with van der Waals surface area (Å²) in [6.45, 7) is -0.694. The highest BCUT2D eigenvalue weighted by Crippen LogP contribution is 2.22. The maximum Gasteiger partial charge on any atom is 0.355 e. The first kappa shape index (κ1) is 23.9. The molecule has 2 aromatic carbocycles. The highest BCUT2D eigenvalue weighted by Gasteiger charge is 2.18. The zero-order chi connectivity index (χ0) is 25.1. The number of hydrogen-bond donors (Lipinski definition) is 2. The van der Waals surface area contributed by atoms with Gasteiger partial charge in [0.05, 0.1) is 20.2 Å². The fourth-order valence-electron chi connectivity index (χ4n) is 3.31. The predicted molar refractivity (Wildman–Crippen MR) is 126 cm³/mol. The number of aromatic amines is 1. The molecule has 0 unspecified atom stereocenters. The van der Waals surface area contributed by atoms with E-state index in [0.29, 0.717) is 11.4 Å². The van der Waals surface area contributed by atoms with Crippen molar-refractivity contribution >= 4 is 23.2 Å². The first-order chi connectivity index (χ1) is 16.8. The molecular formula is C23H18ClF2N5O4. The minimum absolute atomic E-state index is 0.0787. The number of benzene rings is 2. The Hall–Kier alpha value is -4.25. The molecule has 0 radical (unpaired) electrons. The van der Waals surface area contributed by atoms with Gasteiger partial charge in [-0.25, -0.2) is 22.9 Å². The normalized spacial score (nSPS) is 10.9. The van der Waals surface area contributed by atoms with Crippen molar-refractivity contribution in [1.29, 1.82) is 0 Å². The van der Waals surface area contributed by atoms with Crippen LogP contribution in [0.1, 0.15) is 11.1 Å². The molecule has 180 valence electrons. The number of ether oxygens (including phenoxy) is 1. The van der Waals surface area contributed by atoms with Crippen molar-refractivity contribution < 1.29 is 13.5 Å². The van der Waals surface area contributed by atoms with E-state index in [1.54, 1.807) is 30.3 Å². The molecule has 2 heterocycles. The summed E-state index contributed by atoms with van der Waals surface area (Å²) >= 11 is 6.08. The van der Waals surface area contributed by atoms with Crippen molar-refractivity contribution in [3.8, 4) is 5.75 Å². The van der Waals surface area contributed by atoms with E-state index in [1.165, 1.54) is 19.4 Å². The van der Waals surface area contributed by atoms with Crippen LogP contribution in [0.5, 0.6) is 5.75 Å². The van der Waals surface area contributed by atoms with Crippen LogP contribution in [0.25, 0.3) is 0 Å². The largest absolute Gasteiger partial charge is 0.497 e. The van der Waals surface area contributed by atoms with Crippen molar-refractivity contribution in [2.45, 2.75) is 13.1 Å². The number of anilines is 2. The van der Waals surface area contributed by atoms with Gasteiger partial charge >= 0.3 is 11.4 Å². The molecule has 0 aliphatic rings. The second-order valence-electron chi connectivity index (χ2n) is 7.41. The molecule has 0 bridgehead atoms. The Morgan fingerprint density at radius 3 is 2.37 bits per heavy atom. The molecule has 0 aliphatic heterocycles. The lowest BCUT2D eigenvalue weighted by molar-refractivity contribution is 0.415. The van der Waals surface area contributed by atoms with Gasteiger partial charge in [-0.3, -0.25) is 9.36 Å². The molecule has 35 heavy (non-hydrogen) atoms. The first-order valence-corrected chi connectivity index (χ1v) is 10.6. The third kappa shape index (κ3) is 5.14. The maximum atomic E-state index is 13.9. The Balaban J connectivity index is 1.84. The summed E-state index contributed by atoms with van der Waals surface area (Å²) in [6, 6.07) is 11.2. The van der Waals surface area contributed by atoms with E-state index in [0.717, 1.165) is 21.3 Å². The van der Waals surface area contributed by atoms with Crippen LogP contribution in [-0.2, 0) is 13.1 Å². The summed E-state index contributed by atoms with van der Waals surface area (Å²) in [4.78, 5) is 44.7. The Kier molecular flexibility index (Phi) is 6.78. The van der Waals surface area contributed by atoms with Crippen molar-refractivity contribution in [2.75, 3.05) is 12.4 Å². The number of methoxy groups -OCH3 is 1. The number of rotatable bonds is 7. The molecule has 2 N–H and O–H groups in total. The molecule has 0 saturated heterocycles. The Morgan fingerprint density at radius 2 is 1.69 bits per heavy atom. The lowest BCUT2D eigenvalue weighted by Crippen LogP contribution is -2.43. The Morgan fingerprint density at radius 1 is 1.00 bits per heavy atom. The third-order valence-corrected chi connectivity index (χ3v) is 5.49. The predicted octanol–water partition coefficient (Wildman–Crippen LogP) is 2.87. The van der Waals surface area contributed by atoms with E-state index in [-0.39, 0.29) is 35.2 Å². The van der Waals surface area contributed by atoms with Crippen LogP contribution < -0.4 is 27.0 Å². The van der Waals surface area contributed by atoms with Crippen LogP contribution in [0.2, 0.25) is 5.02 Å². The number of pyridine rings is 1. The molecule has 0 amide bonds. The lowest BCUT2D eigenvalue weighted by atomic mass is 10.2. The molecule has 2 aromatic heterocycles. The second kappa shape index (κ2) is 9.94. The number of nitrogens with one attached hydrogen (secondary N) is 2. The number of aromatic nitrogens is 4. The van der Waals surface area contributed by atoms with Crippen molar-refractivity contribution in [3.63, 3.8) is 0 Å². The summed E-state index contributed by atoms with van der Waals surface area (Å²) in [5, 5.41) is 2.76. The monoisotopic (exact) mass is 501 g/mol. The van der Waals surface area contributed by atoms with Crippen LogP contribution in [0.3, 0.4) is 0 Å². The molecule has 0 aliphatic carbocycles. The summed E-state index contributed by atoms with van der Waals surface area (Å²) < 4.78 is 34.4. The van der Waals surface area contributed by atoms with Gasteiger partial charge in [0, 0.05) is 22.5 Å². The van der Waals surface area contributed by atoms with Crippen LogP contribution >= 0.6 is 11.6 Å². The van der Waals surface area contributed by atoms with Gasteiger partial charge in [-0.2, -0.15) is 4.98 Å². The minimum atomic E-state index is -1.15. The zero-order valence-corrected chi connectivity index (χ0v) is 19.0. The molecular weight excluding hydrogens is 484 g/mol. The van der Waals surface area contributed by atoms with Crippen molar-refractivity contribution in [2.24, 2.45) is 0 Å². The first-order valence-electron chi connectivity index (χ1n) is 10.2. The van der Waals surface area contributed by atoms with E-state index in [4.69, 9.17) is 16.3 Å². The van der Waals surface area contributed by atoms with E-state index in [1.807, 2.05) is 0 Å². The van der Waals surface area contributed by atoms with Crippen molar-refractivity contribution in [1.82, 2.24) is 19.1 Å². The maximum absolute atomic E-state index is 13.9.